The van der Waals surface area contributed by atoms with E-state index in [1.807, 2.05) is 0 Å². The smallest absolute Gasteiger partial charge is 0.248 e. The molecular formula is C18H22N6O3SSi. The molecule has 1 aromatic carbocycles. The SMILES string of the molecule is C[Si](C)(C)CCS(=O)(=O)c1nccc(-c2ccc(C(N)=O)cc2)c1-c1nn[nH]n1. The van der Waals surface area contributed by atoms with Crippen molar-refractivity contribution in [2.45, 2.75) is 30.7 Å². The molecule has 152 valence electrons. The summed E-state index contributed by atoms with van der Waals surface area (Å²) < 4.78 is 26.3. The molecule has 3 N–H and O–H groups in total. The summed E-state index contributed by atoms with van der Waals surface area (Å²) in [5, 5.41) is 13.8. The number of benzene rings is 1. The Kier molecular flexibility index (Phi) is 5.62. The van der Waals surface area contributed by atoms with E-state index >= 15 is 0 Å². The van der Waals surface area contributed by atoms with E-state index in [4.69, 9.17) is 5.73 Å². The lowest BCUT2D eigenvalue weighted by Crippen LogP contribution is -2.24. The molecule has 11 heteroatoms. The monoisotopic (exact) mass is 430 g/mol. The second kappa shape index (κ2) is 7.83. The third-order valence-electron chi connectivity index (χ3n) is 4.38. The molecule has 0 aliphatic heterocycles. The first kappa shape index (κ1) is 20.8. The number of nitrogens with one attached hydrogen (secondary N) is 1. The van der Waals surface area contributed by atoms with Crippen molar-refractivity contribution in [3.8, 4) is 22.5 Å². The van der Waals surface area contributed by atoms with Gasteiger partial charge in [-0.15, -0.1) is 10.2 Å². The Morgan fingerprint density at radius 3 is 2.38 bits per heavy atom. The number of tetrazole rings is 1. The van der Waals surface area contributed by atoms with Crippen molar-refractivity contribution in [3.63, 3.8) is 0 Å². The Labute approximate surface area is 169 Å². The van der Waals surface area contributed by atoms with Gasteiger partial charge in [-0.05, 0) is 40.6 Å². The zero-order valence-corrected chi connectivity index (χ0v) is 18.2. The molecule has 2 aromatic heterocycles. The molecule has 0 spiro atoms. The number of sulfone groups is 1. The highest BCUT2D eigenvalue weighted by molar-refractivity contribution is 7.91. The van der Waals surface area contributed by atoms with Gasteiger partial charge in [0.2, 0.25) is 11.7 Å². The molecule has 0 saturated heterocycles. The van der Waals surface area contributed by atoms with Gasteiger partial charge in [-0.2, -0.15) is 5.21 Å². The Bertz CT molecular complexity index is 1120. The molecule has 0 aliphatic rings. The van der Waals surface area contributed by atoms with Crippen LogP contribution in [0.4, 0.5) is 0 Å². The van der Waals surface area contributed by atoms with Crippen molar-refractivity contribution in [1.82, 2.24) is 25.6 Å². The van der Waals surface area contributed by atoms with Gasteiger partial charge in [0, 0.05) is 19.8 Å². The summed E-state index contributed by atoms with van der Waals surface area (Å²) in [4.78, 5) is 15.5. The van der Waals surface area contributed by atoms with Crippen LogP contribution in [0, 0.1) is 0 Å². The van der Waals surface area contributed by atoms with Gasteiger partial charge in [-0.25, -0.2) is 13.4 Å². The van der Waals surface area contributed by atoms with Crippen LogP contribution >= 0.6 is 0 Å². The minimum Gasteiger partial charge on any atom is -0.366 e. The van der Waals surface area contributed by atoms with Crippen LogP contribution < -0.4 is 5.73 Å². The summed E-state index contributed by atoms with van der Waals surface area (Å²) in [6, 6.07) is 8.84. The number of rotatable bonds is 7. The van der Waals surface area contributed by atoms with Crippen LogP contribution in [0.3, 0.4) is 0 Å². The van der Waals surface area contributed by atoms with E-state index in [0.29, 0.717) is 22.7 Å². The lowest BCUT2D eigenvalue weighted by atomic mass is 10.00. The van der Waals surface area contributed by atoms with Crippen molar-refractivity contribution in [3.05, 3.63) is 42.1 Å². The topological polar surface area (TPSA) is 145 Å². The van der Waals surface area contributed by atoms with E-state index < -0.39 is 23.8 Å². The van der Waals surface area contributed by atoms with Crippen LogP contribution in [0.5, 0.6) is 0 Å². The van der Waals surface area contributed by atoms with Crippen molar-refractivity contribution >= 4 is 23.8 Å². The molecule has 2 heterocycles. The molecule has 0 fully saturated rings. The standard InChI is InChI=1S/C18H22N6O3SSi/c1-29(2,3)11-10-28(26,27)18-15(17-21-23-24-22-17)14(8-9-20-18)12-4-6-13(7-5-12)16(19)25/h4-9H,10-11H2,1-3H3,(H2,19,25)(H,21,22,23,24). The normalized spacial score (nSPS) is 12.1. The first-order valence-corrected chi connectivity index (χ1v) is 14.3. The van der Waals surface area contributed by atoms with E-state index in [0.717, 1.165) is 0 Å². The molecule has 29 heavy (non-hydrogen) atoms. The molecule has 0 saturated carbocycles. The van der Waals surface area contributed by atoms with Gasteiger partial charge in [-0.3, -0.25) is 4.79 Å². The fraction of sp³-hybridized carbons (Fsp3) is 0.278. The summed E-state index contributed by atoms with van der Waals surface area (Å²) in [7, 11) is -5.25. The van der Waals surface area contributed by atoms with Crippen molar-refractivity contribution < 1.29 is 13.2 Å². The molecule has 1 amide bonds. The maximum Gasteiger partial charge on any atom is 0.248 e. The number of amides is 1. The largest absolute Gasteiger partial charge is 0.366 e. The number of nitrogens with zero attached hydrogens (tertiary/aromatic N) is 4. The second-order valence-corrected chi connectivity index (χ2v) is 15.5. The minimum atomic E-state index is -3.67. The summed E-state index contributed by atoms with van der Waals surface area (Å²) in [6.07, 6.45) is 1.45. The van der Waals surface area contributed by atoms with Gasteiger partial charge < -0.3 is 5.73 Å². The number of aromatic nitrogens is 5. The van der Waals surface area contributed by atoms with Gasteiger partial charge in [-0.1, -0.05) is 31.8 Å². The van der Waals surface area contributed by atoms with E-state index in [1.165, 1.54) is 6.20 Å². The highest BCUT2D eigenvalue weighted by atomic mass is 32.2. The molecule has 0 radical (unpaired) electrons. The number of hydrogen-bond acceptors (Lipinski definition) is 7. The Hall–Kier alpha value is -2.92. The fourth-order valence-corrected chi connectivity index (χ4v) is 7.21. The number of aromatic amines is 1. The van der Waals surface area contributed by atoms with Crippen LogP contribution in [-0.4, -0.2) is 53.8 Å². The number of hydrogen-bond donors (Lipinski definition) is 2. The average molecular weight is 431 g/mol. The zero-order chi connectivity index (χ0) is 21.2. The first-order valence-electron chi connectivity index (χ1n) is 8.94. The maximum absolute atomic E-state index is 13.1. The second-order valence-electron chi connectivity index (χ2n) is 7.85. The highest BCUT2D eigenvalue weighted by Gasteiger charge is 2.28. The first-order chi connectivity index (χ1) is 13.6. The van der Waals surface area contributed by atoms with Crippen molar-refractivity contribution in [2.24, 2.45) is 5.73 Å². The van der Waals surface area contributed by atoms with Gasteiger partial charge in [0.05, 0.1) is 11.3 Å². The maximum atomic E-state index is 13.1. The summed E-state index contributed by atoms with van der Waals surface area (Å²) >= 11 is 0. The molecule has 3 aromatic rings. The number of H-pyrrole nitrogens is 1. The van der Waals surface area contributed by atoms with E-state index in [-0.39, 0.29) is 22.2 Å². The molecule has 0 unspecified atom stereocenters. The van der Waals surface area contributed by atoms with Crippen molar-refractivity contribution in [1.29, 1.82) is 0 Å². The number of primary amides is 1. The van der Waals surface area contributed by atoms with Gasteiger partial charge in [0.15, 0.2) is 14.9 Å². The zero-order valence-electron chi connectivity index (χ0n) is 16.4. The number of nitrogens with two attached hydrogens (primary N) is 1. The molecule has 9 nitrogen and oxygen atoms in total. The third kappa shape index (κ3) is 4.74. The lowest BCUT2D eigenvalue weighted by molar-refractivity contribution is 0.100. The van der Waals surface area contributed by atoms with E-state index in [2.05, 4.69) is 45.2 Å². The summed E-state index contributed by atoms with van der Waals surface area (Å²) in [5.74, 6) is -0.400. The van der Waals surface area contributed by atoms with Gasteiger partial charge >= 0.3 is 0 Å². The Balaban J connectivity index is 2.16. The Morgan fingerprint density at radius 2 is 1.83 bits per heavy atom. The molecule has 0 bridgehead atoms. The summed E-state index contributed by atoms with van der Waals surface area (Å²) in [6.45, 7) is 6.35. The van der Waals surface area contributed by atoms with Crippen molar-refractivity contribution in [2.75, 3.05) is 5.75 Å². The number of carbonyl (C=O) groups excluding carboxylic acids is 1. The third-order valence-corrected chi connectivity index (χ3v) is 8.13. The van der Waals surface area contributed by atoms with Crippen LogP contribution in [0.1, 0.15) is 10.4 Å². The van der Waals surface area contributed by atoms with Crippen LogP contribution in [0.2, 0.25) is 25.7 Å². The number of pyridine rings is 1. The quantitative estimate of drug-likeness (QED) is 0.546. The van der Waals surface area contributed by atoms with Crippen LogP contribution in [-0.2, 0) is 9.84 Å². The number of carbonyl (C=O) groups is 1. The minimum absolute atomic E-state index is 0.00460. The van der Waals surface area contributed by atoms with Gasteiger partial charge in [0.1, 0.15) is 0 Å². The Morgan fingerprint density at radius 1 is 1.14 bits per heavy atom. The highest BCUT2D eigenvalue weighted by Crippen LogP contribution is 2.35. The molecule has 3 rings (SSSR count). The molecular weight excluding hydrogens is 408 g/mol. The van der Waals surface area contributed by atoms with E-state index in [9.17, 15) is 13.2 Å². The predicted octanol–water partition coefficient (Wildman–Crippen LogP) is 2.14. The van der Waals surface area contributed by atoms with E-state index in [1.54, 1.807) is 30.3 Å². The molecule has 0 atom stereocenters. The lowest BCUT2D eigenvalue weighted by Gasteiger charge is -2.17. The van der Waals surface area contributed by atoms with Crippen LogP contribution in [0.15, 0.2) is 41.6 Å². The predicted molar refractivity (Wildman–Crippen MR) is 112 cm³/mol. The summed E-state index contributed by atoms with van der Waals surface area (Å²) in [5.41, 5.74) is 7.19. The average Bonchev–Trinajstić information content (AvgIpc) is 3.20. The molecule has 0 aliphatic carbocycles. The van der Waals surface area contributed by atoms with Crippen LogP contribution in [0.25, 0.3) is 22.5 Å². The van der Waals surface area contributed by atoms with Gasteiger partial charge in [0.25, 0.3) is 0 Å². The fourth-order valence-electron chi connectivity index (χ4n) is 2.75.